The van der Waals surface area contributed by atoms with Gasteiger partial charge in [-0.25, -0.2) is 0 Å². The van der Waals surface area contributed by atoms with Crippen LogP contribution in [0.4, 0.5) is 5.69 Å². The third-order valence-corrected chi connectivity index (χ3v) is 5.40. The van der Waals surface area contributed by atoms with E-state index in [-0.39, 0.29) is 11.8 Å². The Bertz CT molecular complexity index is 635. The molecule has 1 aliphatic carbocycles. The van der Waals surface area contributed by atoms with E-state index in [1.807, 2.05) is 13.8 Å². The molecule has 2 N–H and O–H groups in total. The Morgan fingerprint density at radius 3 is 2.30 bits per heavy atom. The van der Waals surface area contributed by atoms with Crippen molar-refractivity contribution in [3.8, 4) is 0 Å². The Kier molecular flexibility index (Phi) is 8.72. The Labute approximate surface area is 167 Å². The van der Waals surface area contributed by atoms with Gasteiger partial charge in [-0.1, -0.05) is 32.1 Å². The Balaban J connectivity index is 1.77. The van der Waals surface area contributed by atoms with Crippen molar-refractivity contribution in [2.75, 3.05) is 18.4 Å². The van der Waals surface area contributed by atoms with Gasteiger partial charge in [-0.2, -0.15) is 0 Å². The van der Waals surface area contributed by atoms with Crippen molar-refractivity contribution in [1.82, 2.24) is 10.2 Å². The normalized spacial score (nSPS) is 14.4. The number of nitrogens with zero attached hydrogens (tertiary/aromatic N) is 1. The first-order valence-corrected chi connectivity index (χ1v) is 10.4. The minimum absolute atomic E-state index is 0.0187. The summed E-state index contributed by atoms with van der Waals surface area (Å²) in [6, 6.07) is 7.15. The number of benzene rings is 1. The smallest absolute Gasteiger partial charge is 0.253 e. The first-order valence-electron chi connectivity index (χ1n) is 10.0. The van der Waals surface area contributed by atoms with Gasteiger partial charge in [0.25, 0.3) is 5.91 Å². The standard InChI is InChI=1S/C21H31N3O2S/c1-3-24(4-2)20(26)17-11-13-18(14-12-17)22-21(27)23-19(25)15-10-16-8-6-5-7-9-16/h11-14,16H,3-10,15H2,1-2H3,(H2,22,23,25,27). The molecule has 27 heavy (non-hydrogen) atoms. The van der Waals surface area contributed by atoms with Gasteiger partial charge in [0.1, 0.15) is 0 Å². The average molecular weight is 390 g/mol. The Morgan fingerprint density at radius 1 is 1.07 bits per heavy atom. The van der Waals surface area contributed by atoms with E-state index < -0.39 is 0 Å². The lowest BCUT2D eigenvalue weighted by molar-refractivity contribution is -0.120. The number of carbonyl (C=O) groups excluding carboxylic acids is 2. The second-order valence-electron chi connectivity index (χ2n) is 7.10. The maximum absolute atomic E-state index is 12.3. The van der Waals surface area contributed by atoms with Crippen molar-refractivity contribution in [1.29, 1.82) is 0 Å². The van der Waals surface area contributed by atoms with Crippen LogP contribution in [0.2, 0.25) is 0 Å². The lowest BCUT2D eigenvalue weighted by atomic mass is 9.86. The third-order valence-electron chi connectivity index (χ3n) is 5.20. The maximum atomic E-state index is 12.3. The van der Waals surface area contributed by atoms with Crippen molar-refractivity contribution in [3.05, 3.63) is 29.8 Å². The summed E-state index contributed by atoms with van der Waals surface area (Å²) in [6.45, 7) is 5.30. The molecule has 0 bridgehead atoms. The number of carbonyl (C=O) groups is 2. The molecule has 0 saturated heterocycles. The van der Waals surface area contributed by atoms with Crippen LogP contribution >= 0.6 is 12.2 Å². The van der Waals surface area contributed by atoms with Gasteiger partial charge in [0, 0.05) is 30.8 Å². The first-order chi connectivity index (χ1) is 13.0. The van der Waals surface area contributed by atoms with Crippen LogP contribution < -0.4 is 10.6 Å². The molecule has 0 aromatic heterocycles. The van der Waals surface area contributed by atoms with E-state index in [0.29, 0.717) is 36.1 Å². The van der Waals surface area contributed by atoms with E-state index in [1.54, 1.807) is 29.2 Å². The van der Waals surface area contributed by atoms with Gasteiger partial charge in [0.05, 0.1) is 0 Å². The molecule has 6 heteroatoms. The monoisotopic (exact) mass is 389 g/mol. The SMILES string of the molecule is CCN(CC)C(=O)c1ccc(NC(=S)NC(=O)CCC2CCCCC2)cc1. The highest BCUT2D eigenvalue weighted by atomic mass is 32.1. The van der Waals surface area contributed by atoms with Crippen LogP contribution in [0.15, 0.2) is 24.3 Å². The molecule has 2 rings (SSSR count). The van der Waals surface area contributed by atoms with Gasteiger partial charge in [-0.3, -0.25) is 9.59 Å². The molecule has 1 fully saturated rings. The van der Waals surface area contributed by atoms with Crippen LogP contribution in [-0.2, 0) is 4.79 Å². The molecule has 1 aromatic carbocycles. The number of rotatable bonds is 7. The maximum Gasteiger partial charge on any atom is 0.253 e. The van der Waals surface area contributed by atoms with E-state index >= 15 is 0 Å². The molecular formula is C21H31N3O2S. The van der Waals surface area contributed by atoms with Gasteiger partial charge in [0.15, 0.2) is 5.11 Å². The molecule has 1 saturated carbocycles. The molecule has 1 aromatic rings. The van der Waals surface area contributed by atoms with Crippen LogP contribution in [-0.4, -0.2) is 34.9 Å². The minimum atomic E-state index is -0.0357. The van der Waals surface area contributed by atoms with E-state index in [0.717, 1.165) is 12.1 Å². The summed E-state index contributed by atoms with van der Waals surface area (Å²) in [5.74, 6) is 0.665. The molecule has 148 valence electrons. The van der Waals surface area contributed by atoms with E-state index in [2.05, 4.69) is 10.6 Å². The van der Waals surface area contributed by atoms with Gasteiger partial charge in [-0.05, 0) is 62.7 Å². The fourth-order valence-corrected chi connectivity index (χ4v) is 3.78. The fourth-order valence-electron chi connectivity index (χ4n) is 3.55. The summed E-state index contributed by atoms with van der Waals surface area (Å²) < 4.78 is 0. The number of hydrogen-bond donors (Lipinski definition) is 2. The molecular weight excluding hydrogens is 358 g/mol. The van der Waals surface area contributed by atoms with Crippen LogP contribution in [0.25, 0.3) is 0 Å². The number of anilines is 1. The van der Waals surface area contributed by atoms with Gasteiger partial charge in [0.2, 0.25) is 5.91 Å². The molecule has 0 radical (unpaired) electrons. The number of amides is 2. The zero-order chi connectivity index (χ0) is 19.6. The molecule has 0 atom stereocenters. The highest BCUT2D eigenvalue weighted by Crippen LogP contribution is 2.27. The van der Waals surface area contributed by atoms with Crippen molar-refractivity contribution in [2.45, 2.75) is 58.8 Å². The lowest BCUT2D eigenvalue weighted by Crippen LogP contribution is -2.34. The second-order valence-corrected chi connectivity index (χ2v) is 7.51. The van der Waals surface area contributed by atoms with Crippen molar-refractivity contribution in [3.63, 3.8) is 0 Å². The highest BCUT2D eigenvalue weighted by molar-refractivity contribution is 7.80. The predicted octanol–water partition coefficient (Wildman–Crippen LogP) is 4.34. The highest BCUT2D eigenvalue weighted by Gasteiger charge is 2.15. The summed E-state index contributed by atoms with van der Waals surface area (Å²) in [4.78, 5) is 26.2. The topological polar surface area (TPSA) is 61.4 Å². The largest absolute Gasteiger partial charge is 0.339 e. The summed E-state index contributed by atoms with van der Waals surface area (Å²) in [5.41, 5.74) is 1.40. The van der Waals surface area contributed by atoms with Gasteiger partial charge < -0.3 is 15.5 Å². The van der Waals surface area contributed by atoms with Gasteiger partial charge >= 0.3 is 0 Å². The number of hydrogen-bond acceptors (Lipinski definition) is 3. The zero-order valence-electron chi connectivity index (χ0n) is 16.4. The predicted molar refractivity (Wildman–Crippen MR) is 114 cm³/mol. The number of nitrogens with one attached hydrogen (secondary N) is 2. The molecule has 0 unspecified atom stereocenters. The van der Waals surface area contributed by atoms with Crippen LogP contribution in [0, 0.1) is 5.92 Å². The van der Waals surface area contributed by atoms with Crippen molar-refractivity contribution in [2.24, 2.45) is 5.92 Å². The summed E-state index contributed by atoms with van der Waals surface area (Å²) in [5, 5.41) is 6.05. The molecule has 0 heterocycles. The zero-order valence-corrected chi connectivity index (χ0v) is 17.2. The van der Waals surface area contributed by atoms with Crippen molar-refractivity contribution >= 4 is 34.8 Å². The third kappa shape index (κ3) is 6.94. The average Bonchev–Trinajstić information content (AvgIpc) is 2.68. The van der Waals surface area contributed by atoms with Gasteiger partial charge in [-0.15, -0.1) is 0 Å². The first kappa shape index (κ1) is 21.4. The van der Waals surface area contributed by atoms with E-state index in [4.69, 9.17) is 12.2 Å². The molecule has 1 aliphatic rings. The lowest BCUT2D eigenvalue weighted by Gasteiger charge is -2.21. The Hall–Kier alpha value is -1.95. The second kappa shape index (κ2) is 11.0. The van der Waals surface area contributed by atoms with Crippen LogP contribution in [0.5, 0.6) is 0 Å². The quantitative estimate of drug-likeness (QED) is 0.681. The Morgan fingerprint density at radius 2 is 1.70 bits per heavy atom. The van der Waals surface area contributed by atoms with E-state index in [9.17, 15) is 9.59 Å². The number of thiocarbonyl (C=S) groups is 1. The van der Waals surface area contributed by atoms with Crippen LogP contribution in [0.1, 0.15) is 69.2 Å². The molecule has 5 nitrogen and oxygen atoms in total. The molecule has 2 amide bonds. The van der Waals surface area contributed by atoms with Crippen molar-refractivity contribution < 1.29 is 9.59 Å². The fraction of sp³-hybridized carbons (Fsp3) is 0.571. The minimum Gasteiger partial charge on any atom is -0.339 e. The summed E-state index contributed by atoms with van der Waals surface area (Å²) in [6.07, 6.45) is 7.86. The van der Waals surface area contributed by atoms with Crippen LogP contribution in [0.3, 0.4) is 0 Å². The summed E-state index contributed by atoms with van der Waals surface area (Å²) >= 11 is 5.23. The molecule has 0 aliphatic heterocycles. The van der Waals surface area contributed by atoms with E-state index in [1.165, 1.54) is 32.1 Å². The molecule has 0 spiro atoms. The summed E-state index contributed by atoms with van der Waals surface area (Å²) in [7, 11) is 0.